The molecule has 0 bridgehead atoms. The first-order valence-corrected chi connectivity index (χ1v) is 7.45. The highest BCUT2D eigenvalue weighted by Gasteiger charge is 2.32. The molecule has 1 aliphatic rings. The Bertz CT molecular complexity index is 534. The van der Waals surface area contributed by atoms with Crippen molar-refractivity contribution in [2.24, 2.45) is 5.41 Å². The number of anilines is 1. The zero-order chi connectivity index (χ0) is 14.9. The van der Waals surface area contributed by atoms with Gasteiger partial charge in [-0.05, 0) is 36.8 Å². The van der Waals surface area contributed by atoms with Gasteiger partial charge in [-0.2, -0.15) is 0 Å². The molecule has 2 heteroatoms. The lowest BCUT2D eigenvalue weighted by Crippen LogP contribution is -2.35. The number of aryl methyl sites for hydroxylation is 2. The van der Waals surface area contributed by atoms with Crippen LogP contribution in [0.25, 0.3) is 0 Å². The van der Waals surface area contributed by atoms with Crippen LogP contribution in [0.4, 0.5) is 5.69 Å². The first-order chi connectivity index (χ1) is 9.36. The third kappa shape index (κ3) is 2.65. The highest BCUT2D eigenvalue weighted by atomic mass is 16.1. The molecule has 20 heavy (non-hydrogen) atoms. The standard InChI is InChI=1S/C18H25NO/c1-6-16(20)15-12-19(11-10-18(15,4)5)17-13(2)8-7-9-14(17)3/h7-9,12H,6,10-11H2,1-5H3. The van der Waals surface area contributed by atoms with Gasteiger partial charge in [0.05, 0.1) is 0 Å². The van der Waals surface area contributed by atoms with E-state index in [4.69, 9.17) is 0 Å². The molecule has 108 valence electrons. The maximum Gasteiger partial charge on any atom is 0.160 e. The van der Waals surface area contributed by atoms with Gasteiger partial charge in [-0.15, -0.1) is 0 Å². The number of nitrogens with zero attached hydrogens (tertiary/aromatic N) is 1. The lowest BCUT2D eigenvalue weighted by Gasteiger charge is -2.38. The lowest BCUT2D eigenvalue weighted by atomic mass is 9.76. The van der Waals surface area contributed by atoms with Crippen molar-refractivity contribution in [2.75, 3.05) is 11.4 Å². The molecule has 1 aromatic carbocycles. The Morgan fingerprint density at radius 3 is 2.40 bits per heavy atom. The number of allylic oxidation sites excluding steroid dienone is 1. The van der Waals surface area contributed by atoms with E-state index >= 15 is 0 Å². The number of carbonyl (C=O) groups is 1. The van der Waals surface area contributed by atoms with Crippen molar-refractivity contribution in [3.63, 3.8) is 0 Å². The van der Waals surface area contributed by atoms with Gasteiger partial charge in [0, 0.05) is 30.4 Å². The summed E-state index contributed by atoms with van der Waals surface area (Å²) in [5, 5.41) is 0. The summed E-state index contributed by atoms with van der Waals surface area (Å²) < 4.78 is 0. The summed E-state index contributed by atoms with van der Waals surface area (Å²) in [6.07, 6.45) is 3.68. The normalized spacial score (nSPS) is 17.9. The fourth-order valence-corrected chi connectivity index (χ4v) is 3.00. The second kappa shape index (κ2) is 5.43. The Balaban J connectivity index is 2.47. The zero-order valence-electron chi connectivity index (χ0n) is 13.3. The Kier molecular flexibility index (Phi) is 4.03. The Labute approximate surface area is 122 Å². The van der Waals surface area contributed by atoms with Gasteiger partial charge in [-0.1, -0.05) is 39.0 Å². The van der Waals surface area contributed by atoms with Gasteiger partial charge in [0.15, 0.2) is 5.78 Å². The van der Waals surface area contributed by atoms with Gasteiger partial charge in [0.2, 0.25) is 0 Å². The summed E-state index contributed by atoms with van der Waals surface area (Å²) in [4.78, 5) is 14.5. The smallest absolute Gasteiger partial charge is 0.160 e. The molecular weight excluding hydrogens is 246 g/mol. The molecule has 0 amide bonds. The van der Waals surface area contributed by atoms with Crippen molar-refractivity contribution >= 4 is 11.5 Å². The predicted octanol–water partition coefficient (Wildman–Crippen LogP) is 4.40. The fourth-order valence-electron chi connectivity index (χ4n) is 3.00. The Morgan fingerprint density at radius 2 is 1.85 bits per heavy atom. The van der Waals surface area contributed by atoms with Crippen molar-refractivity contribution in [3.8, 4) is 0 Å². The average Bonchev–Trinajstić information content (AvgIpc) is 2.39. The molecule has 1 heterocycles. The Hall–Kier alpha value is -1.57. The molecule has 2 nitrogen and oxygen atoms in total. The third-order valence-corrected chi connectivity index (χ3v) is 4.34. The monoisotopic (exact) mass is 271 g/mol. The summed E-state index contributed by atoms with van der Waals surface area (Å²) in [5.74, 6) is 0.269. The summed E-state index contributed by atoms with van der Waals surface area (Å²) in [6.45, 7) is 11.5. The maximum absolute atomic E-state index is 12.2. The number of hydrogen-bond donors (Lipinski definition) is 0. The van der Waals surface area contributed by atoms with Crippen molar-refractivity contribution in [2.45, 2.75) is 47.5 Å². The topological polar surface area (TPSA) is 20.3 Å². The van der Waals surface area contributed by atoms with Crippen LogP contribution in [0.2, 0.25) is 0 Å². The number of rotatable bonds is 3. The molecule has 0 spiro atoms. The summed E-state index contributed by atoms with van der Waals surface area (Å²) in [7, 11) is 0. The molecule has 0 radical (unpaired) electrons. The first-order valence-electron chi connectivity index (χ1n) is 7.45. The second-order valence-corrected chi connectivity index (χ2v) is 6.39. The number of hydrogen-bond acceptors (Lipinski definition) is 2. The molecule has 0 fully saturated rings. The largest absolute Gasteiger partial charge is 0.347 e. The minimum atomic E-state index is -0.0137. The van der Waals surface area contributed by atoms with Gasteiger partial charge in [0.1, 0.15) is 0 Å². The highest BCUT2D eigenvalue weighted by molar-refractivity contribution is 5.97. The van der Waals surface area contributed by atoms with Gasteiger partial charge >= 0.3 is 0 Å². The highest BCUT2D eigenvalue weighted by Crippen LogP contribution is 2.38. The molecule has 0 saturated heterocycles. The van der Waals surface area contributed by atoms with Crippen LogP contribution in [0, 0.1) is 19.3 Å². The summed E-state index contributed by atoms with van der Waals surface area (Å²) in [6, 6.07) is 6.36. The van der Waals surface area contributed by atoms with Gasteiger partial charge < -0.3 is 4.90 Å². The molecule has 2 rings (SSSR count). The number of para-hydroxylation sites is 1. The van der Waals surface area contributed by atoms with E-state index in [-0.39, 0.29) is 11.2 Å². The van der Waals surface area contributed by atoms with E-state index in [0.717, 1.165) is 18.5 Å². The van der Waals surface area contributed by atoms with Crippen molar-refractivity contribution in [1.29, 1.82) is 0 Å². The molecular formula is C18H25NO. The minimum Gasteiger partial charge on any atom is -0.347 e. The quantitative estimate of drug-likeness (QED) is 0.812. The zero-order valence-corrected chi connectivity index (χ0v) is 13.3. The van der Waals surface area contributed by atoms with Crippen LogP contribution in [0.3, 0.4) is 0 Å². The summed E-state index contributed by atoms with van der Waals surface area (Å²) >= 11 is 0. The minimum absolute atomic E-state index is 0.0137. The van der Waals surface area contributed by atoms with Crippen LogP contribution >= 0.6 is 0 Å². The van der Waals surface area contributed by atoms with E-state index in [1.54, 1.807) is 0 Å². The van der Waals surface area contributed by atoms with Crippen LogP contribution in [0.5, 0.6) is 0 Å². The second-order valence-electron chi connectivity index (χ2n) is 6.39. The molecule has 0 aliphatic carbocycles. The van der Waals surface area contributed by atoms with Crippen LogP contribution in [-0.4, -0.2) is 12.3 Å². The molecule has 1 aromatic rings. The third-order valence-electron chi connectivity index (χ3n) is 4.34. The number of benzene rings is 1. The predicted molar refractivity (Wildman–Crippen MR) is 85.0 cm³/mol. The molecule has 0 unspecified atom stereocenters. The van der Waals surface area contributed by atoms with Crippen LogP contribution in [-0.2, 0) is 4.79 Å². The summed E-state index contributed by atoms with van der Waals surface area (Å²) in [5.41, 5.74) is 4.74. The van der Waals surface area contributed by atoms with E-state index in [1.165, 1.54) is 16.8 Å². The van der Waals surface area contributed by atoms with E-state index < -0.39 is 0 Å². The van der Waals surface area contributed by atoms with E-state index in [2.05, 4.69) is 57.0 Å². The average molecular weight is 271 g/mol. The fraction of sp³-hybridized carbons (Fsp3) is 0.500. The van der Waals surface area contributed by atoms with Crippen LogP contribution in [0.1, 0.15) is 44.7 Å². The number of Topliss-reactive ketones (excluding diaryl/α,β-unsaturated/α-hetero) is 1. The van der Waals surface area contributed by atoms with Crippen LogP contribution in [0.15, 0.2) is 30.0 Å². The molecule has 1 aliphatic heterocycles. The molecule has 0 saturated carbocycles. The molecule has 0 N–H and O–H groups in total. The first kappa shape index (κ1) is 14.8. The van der Waals surface area contributed by atoms with Crippen molar-refractivity contribution in [1.82, 2.24) is 0 Å². The lowest BCUT2D eigenvalue weighted by molar-refractivity contribution is -0.116. The van der Waals surface area contributed by atoms with E-state index in [9.17, 15) is 4.79 Å². The molecule has 0 aromatic heterocycles. The number of ketones is 1. The van der Waals surface area contributed by atoms with E-state index in [1.807, 2.05) is 6.92 Å². The SMILES string of the molecule is CCC(=O)C1=CN(c2c(C)cccc2C)CCC1(C)C. The van der Waals surface area contributed by atoms with Crippen molar-refractivity contribution in [3.05, 3.63) is 41.1 Å². The van der Waals surface area contributed by atoms with Gasteiger partial charge in [-0.25, -0.2) is 0 Å². The maximum atomic E-state index is 12.2. The number of carbonyl (C=O) groups excluding carboxylic acids is 1. The van der Waals surface area contributed by atoms with Crippen molar-refractivity contribution < 1.29 is 4.79 Å². The van der Waals surface area contributed by atoms with Gasteiger partial charge in [-0.3, -0.25) is 4.79 Å². The van der Waals surface area contributed by atoms with E-state index in [0.29, 0.717) is 6.42 Å². The Morgan fingerprint density at radius 1 is 1.25 bits per heavy atom. The molecule has 0 atom stereocenters. The van der Waals surface area contributed by atoms with Crippen LogP contribution < -0.4 is 4.90 Å². The van der Waals surface area contributed by atoms with Gasteiger partial charge in [0.25, 0.3) is 0 Å².